The van der Waals surface area contributed by atoms with Gasteiger partial charge in [0.25, 0.3) is 0 Å². The molecule has 136 valence electrons. The largest absolute Gasteiger partial charge is 0.497 e. The van der Waals surface area contributed by atoms with Crippen molar-refractivity contribution in [3.8, 4) is 17.2 Å². The van der Waals surface area contributed by atoms with E-state index < -0.39 is 5.97 Å². The van der Waals surface area contributed by atoms with Gasteiger partial charge in [-0.25, -0.2) is 4.79 Å². The van der Waals surface area contributed by atoms with Crippen molar-refractivity contribution < 1.29 is 19.0 Å². The van der Waals surface area contributed by atoms with E-state index in [1.165, 1.54) is 0 Å². The molecule has 1 heterocycles. The molecule has 0 atom stereocenters. The highest BCUT2D eigenvalue weighted by Gasteiger charge is 2.06. The van der Waals surface area contributed by atoms with Crippen molar-refractivity contribution in [2.45, 2.75) is 0 Å². The number of pyridine rings is 1. The van der Waals surface area contributed by atoms with Crippen LogP contribution in [0.3, 0.4) is 0 Å². The Morgan fingerprint density at radius 1 is 0.889 bits per heavy atom. The molecular formula is C22H19NO4. The Kier molecular flexibility index (Phi) is 6.20. The third-order valence-electron chi connectivity index (χ3n) is 3.68. The van der Waals surface area contributed by atoms with Gasteiger partial charge in [0.15, 0.2) is 6.61 Å². The topological polar surface area (TPSA) is 57.7 Å². The predicted molar refractivity (Wildman–Crippen MR) is 104 cm³/mol. The number of hydrogen-bond donors (Lipinski definition) is 0. The van der Waals surface area contributed by atoms with Gasteiger partial charge in [0.2, 0.25) is 0 Å². The summed E-state index contributed by atoms with van der Waals surface area (Å²) in [4.78, 5) is 15.9. The average Bonchev–Trinajstić information content (AvgIpc) is 2.73. The summed E-state index contributed by atoms with van der Waals surface area (Å²) in [6.45, 7) is -0.184. The number of hydrogen-bond acceptors (Lipinski definition) is 5. The lowest BCUT2D eigenvalue weighted by Crippen LogP contribution is -2.17. The van der Waals surface area contributed by atoms with Crippen LogP contribution in [-0.2, 0) is 4.79 Å². The van der Waals surface area contributed by atoms with Crippen LogP contribution in [0, 0.1) is 0 Å². The SMILES string of the molecule is COc1cccc(OCC(=O)Oc2ccc(/C=C/c3ccncc3)cc2)c1. The van der Waals surface area contributed by atoms with Gasteiger partial charge < -0.3 is 14.2 Å². The van der Waals surface area contributed by atoms with E-state index in [0.29, 0.717) is 17.2 Å². The minimum absolute atomic E-state index is 0.184. The number of esters is 1. The first-order valence-corrected chi connectivity index (χ1v) is 8.38. The van der Waals surface area contributed by atoms with Gasteiger partial charge in [-0.1, -0.05) is 30.4 Å². The number of rotatable bonds is 7. The molecule has 0 bridgehead atoms. The van der Waals surface area contributed by atoms with Crippen LogP contribution in [0.2, 0.25) is 0 Å². The van der Waals surface area contributed by atoms with Crippen molar-refractivity contribution in [3.05, 3.63) is 84.2 Å². The summed E-state index contributed by atoms with van der Waals surface area (Å²) < 4.78 is 15.8. The number of carbonyl (C=O) groups is 1. The van der Waals surface area contributed by atoms with Crippen LogP contribution in [0.4, 0.5) is 0 Å². The van der Waals surface area contributed by atoms with Crippen molar-refractivity contribution in [2.75, 3.05) is 13.7 Å². The molecule has 0 aliphatic carbocycles. The van der Waals surface area contributed by atoms with Crippen LogP contribution >= 0.6 is 0 Å². The Balaban J connectivity index is 1.51. The van der Waals surface area contributed by atoms with E-state index in [0.717, 1.165) is 11.1 Å². The molecule has 0 amide bonds. The van der Waals surface area contributed by atoms with E-state index in [2.05, 4.69) is 4.98 Å². The molecule has 0 saturated carbocycles. The van der Waals surface area contributed by atoms with Crippen LogP contribution in [0.5, 0.6) is 17.2 Å². The highest BCUT2D eigenvalue weighted by atomic mass is 16.6. The smallest absolute Gasteiger partial charge is 0.349 e. The van der Waals surface area contributed by atoms with Gasteiger partial charge in [-0.2, -0.15) is 0 Å². The fraction of sp³-hybridized carbons (Fsp3) is 0.0909. The second kappa shape index (κ2) is 9.20. The van der Waals surface area contributed by atoms with Crippen LogP contribution < -0.4 is 14.2 Å². The highest BCUT2D eigenvalue weighted by Crippen LogP contribution is 2.19. The summed E-state index contributed by atoms with van der Waals surface area (Å²) in [5.41, 5.74) is 2.06. The standard InChI is InChI=1S/C22H19NO4/c1-25-20-3-2-4-21(15-20)26-16-22(24)27-19-9-7-17(8-10-19)5-6-18-11-13-23-14-12-18/h2-15H,16H2,1H3/b6-5+. The first kappa shape index (κ1) is 18.2. The molecule has 5 nitrogen and oxygen atoms in total. The van der Waals surface area contributed by atoms with E-state index in [-0.39, 0.29) is 6.61 Å². The summed E-state index contributed by atoms with van der Waals surface area (Å²) >= 11 is 0. The predicted octanol–water partition coefficient (Wildman–Crippen LogP) is 4.25. The molecule has 5 heteroatoms. The van der Waals surface area contributed by atoms with Crippen molar-refractivity contribution in [2.24, 2.45) is 0 Å². The van der Waals surface area contributed by atoms with Crippen molar-refractivity contribution in [1.82, 2.24) is 4.98 Å². The highest BCUT2D eigenvalue weighted by molar-refractivity contribution is 5.74. The van der Waals surface area contributed by atoms with Crippen LogP contribution in [0.25, 0.3) is 12.2 Å². The second-order valence-corrected chi connectivity index (χ2v) is 5.62. The van der Waals surface area contributed by atoms with E-state index in [4.69, 9.17) is 14.2 Å². The quantitative estimate of drug-likeness (QED) is 0.465. The van der Waals surface area contributed by atoms with Crippen LogP contribution in [-0.4, -0.2) is 24.7 Å². The molecule has 0 saturated heterocycles. The molecule has 27 heavy (non-hydrogen) atoms. The minimum atomic E-state index is -0.474. The number of nitrogens with zero attached hydrogens (tertiary/aromatic N) is 1. The molecule has 1 aromatic heterocycles. The van der Waals surface area contributed by atoms with Gasteiger partial charge >= 0.3 is 5.97 Å². The Bertz CT molecular complexity index is 905. The lowest BCUT2D eigenvalue weighted by molar-refractivity contribution is -0.136. The van der Waals surface area contributed by atoms with E-state index in [1.54, 1.807) is 55.9 Å². The van der Waals surface area contributed by atoms with Gasteiger partial charge in [-0.3, -0.25) is 4.98 Å². The molecule has 3 aromatic rings. The van der Waals surface area contributed by atoms with Gasteiger partial charge in [-0.15, -0.1) is 0 Å². The maximum absolute atomic E-state index is 11.9. The number of ether oxygens (including phenoxy) is 3. The van der Waals surface area contributed by atoms with Crippen LogP contribution in [0.1, 0.15) is 11.1 Å². The van der Waals surface area contributed by atoms with Crippen molar-refractivity contribution >= 4 is 18.1 Å². The Hall–Kier alpha value is -3.60. The molecular weight excluding hydrogens is 342 g/mol. The minimum Gasteiger partial charge on any atom is -0.497 e. The summed E-state index contributed by atoms with van der Waals surface area (Å²) in [5.74, 6) is 1.20. The molecule has 3 rings (SSSR count). The maximum Gasteiger partial charge on any atom is 0.349 e. The summed E-state index contributed by atoms with van der Waals surface area (Å²) in [6.07, 6.45) is 7.46. The molecule has 2 aromatic carbocycles. The van der Waals surface area contributed by atoms with Gasteiger partial charge in [0, 0.05) is 18.5 Å². The van der Waals surface area contributed by atoms with Gasteiger partial charge in [-0.05, 0) is 47.5 Å². The monoisotopic (exact) mass is 361 g/mol. The number of benzene rings is 2. The normalized spacial score (nSPS) is 10.6. The van der Waals surface area contributed by atoms with E-state index in [1.807, 2.05) is 36.4 Å². The fourth-order valence-electron chi connectivity index (χ4n) is 2.31. The van der Waals surface area contributed by atoms with Gasteiger partial charge in [0.1, 0.15) is 17.2 Å². The first-order chi connectivity index (χ1) is 13.2. The molecule has 0 radical (unpaired) electrons. The molecule has 0 spiro atoms. The molecule has 0 fully saturated rings. The Morgan fingerprint density at radius 2 is 1.56 bits per heavy atom. The third kappa shape index (κ3) is 5.71. The number of methoxy groups -OCH3 is 1. The van der Waals surface area contributed by atoms with E-state index >= 15 is 0 Å². The lowest BCUT2D eigenvalue weighted by atomic mass is 10.1. The molecule has 0 unspecified atom stereocenters. The van der Waals surface area contributed by atoms with Gasteiger partial charge in [0.05, 0.1) is 7.11 Å². The molecule has 0 N–H and O–H groups in total. The van der Waals surface area contributed by atoms with E-state index in [9.17, 15) is 4.79 Å². The Labute approximate surface area is 157 Å². The zero-order valence-electron chi connectivity index (χ0n) is 14.9. The summed E-state index contributed by atoms with van der Waals surface area (Å²) in [7, 11) is 1.57. The lowest BCUT2D eigenvalue weighted by Gasteiger charge is -2.08. The summed E-state index contributed by atoms with van der Waals surface area (Å²) in [6, 6.07) is 18.1. The Morgan fingerprint density at radius 3 is 2.26 bits per heavy atom. The van der Waals surface area contributed by atoms with Crippen LogP contribution in [0.15, 0.2) is 73.1 Å². The van der Waals surface area contributed by atoms with Crippen molar-refractivity contribution in [3.63, 3.8) is 0 Å². The molecule has 0 aliphatic rings. The fourth-order valence-corrected chi connectivity index (χ4v) is 2.31. The average molecular weight is 361 g/mol. The number of aromatic nitrogens is 1. The maximum atomic E-state index is 11.9. The zero-order valence-corrected chi connectivity index (χ0v) is 14.9. The van der Waals surface area contributed by atoms with Crippen molar-refractivity contribution in [1.29, 1.82) is 0 Å². The number of carbonyl (C=O) groups excluding carboxylic acids is 1. The third-order valence-corrected chi connectivity index (χ3v) is 3.68. The molecule has 0 aliphatic heterocycles. The first-order valence-electron chi connectivity index (χ1n) is 8.38. The zero-order chi connectivity index (χ0) is 18.9. The summed E-state index contributed by atoms with van der Waals surface area (Å²) in [5, 5.41) is 0. The second-order valence-electron chi connectivity index (χ2n) is 5.62.